The fourth-order valence-electron chi connectivity index (χ4n) is 9.60. The van der Waals surface area contributed by atoms with Crippen molar-refractivity contribution in [3.63, 3.8) is 0 Å². The molecule has 25 heteroatoms. The number of nitrogens with one attached hydrogen (secondary N) is 6. The number of unbranched alkanes of at least 4 members (excludes halogenated alkanes) is 4. The zero-order valence-electron chi connectivity index (χ0n) is 55.4. The molecule has 0 saturated heterocycles. The topological polar surface area (TPSA) is 334 Å². The van der Waals surface area contributed by atoms with Gasteiger partial charge in [-0.3, -0.25) is 38.4 Å². The number of amides is 6. The first-order valence-electron chi connectivity index (χ1n) is 32.8. The van der Waals surface area contributed by atoms with E-state index < -0.39 is 108 Å². The molecule has 518 valence electrons. The average molecular weight is 1320 g/mol. The summed E-state index contributed by atoms with van der Waals surface area (Å²) in [6.45, 7) is 10.8. The van der Waals surface area contributed by atoms with Crippen molar-refractivity contribution >= 4 is 65.5 Å². The number of carbonyl (C=O) groups excluding carboxylic acids is 11. The average Bonchev–Trinajstić information content (AvgIpc) is 1.62. The van der Waals surface area contributed by atoms with Crippen LogP contribution >= 0.6 is 0 Å². The van der Waals surface area contributed by atoms with Crippen LogP contribution in [0, 0.1) is 0 Å². The monoisotopic (exact) mass is 1310 g/mol. The Morgan fingerprint density at radius 3 is 1.57 bits per heavy atom. The van der Waals surface area contributed by atoms with Gasteiger partial charge < -0.3 is 69.8 Å². The van der Waals surface area contributed by atoms with Crippen molar-refractivity contribution in [2.75, 3.05) is 65.9 Å². The van der Waals surface area contributed by atoms with Gasteiger partial charge in [0, 0.05) is 44.7 Å². The molecule has 0 heterocycles. The summed E-state index contributed by atoms with van der Waals surface area (Å²) in [6.07, 6.45) is 2.33. The van der Waals surface area contributed by atoms with Gasteiger partial charge in [-0.15, -0.1) is 0 Å². The highest BCUT2D eigenvalue weighted by molar-refractivity contribution is 5.92. The third-order valence-corrected chi connectivity index (χ3v) is 14.6. The van der Waals surface area contributed by atoms with Crippen molar-refractivity contribution in [2.45, 2.75) is 193 Å². The maximum Gasteiger partial charge on any atom is 0.407 e. The van der Waals surface area contributed by atoms with Crippen LogP contribution in [0.25, 0.3) is 11.1 Å². The lowest BCUT2D eigenvalue weighted by Crippen LogP contribution is -2.53. The highest BCUT2D eigenvalue weighted by Crippen LogP contribution is 2.44. The van der Waals surface area contributed by atoms with Gasteiger partial charge in [-0.05, 0) is 106 Å². The molecular weight excluding hydrogens is 1220 g/mol. The summed E-state index contributed by atoms with van der Waals surface area (Å²) in [5.41, 5.74) is 4.37. The minimum atomic E-state index is -1.48. The van der Waals surface area contributed by atoms with Gasteiger partial charge in [0.05, 0.1) is 46.1 Å². The molecule has 0 fully saturated rings. The van der Waals surface area contributed by atoms with E-state index in [9.17, 15) is 52.7 Å². The molecule has 0 aliphatic heterocycles. The maximum atomic E-state index is 14.1. The highest BCUT2D eigenvalue weighted by Gasteiger charge is 2.32. The van der Waals surface area contributed by atoms with E-state index in [2.05, 4.69) is 44.0 Å². The molecule has 0 spiro atoms. The molecule has 6 N–H and O–H groups in total. The Balaban J connectivity index is 1.32. The van der Waals surface area contributed by atoms with Gasteiger partial charge in [-0.1, -0.05) is 119 Å². The summed E-state index contributed by atoms with van der Waals surface area (Å²) in [5, 5.41) is 15.9. The molecule has 0 radical (unpaired) electrons. The minimum Gasteiger partial charge on any atom is -0.466 e. The van der Waals surface area contributed by atoms with Crippen LogP contribution in [0.2, 0.25) is 0 Å². The first-order chi connectivity index (χ1) is 45.2. The Kier molecular flexibility index (Phi) is 36.7. The molecule has 25 nitrogen and oxygen atoms in total. The zero-order chi connectivity index (χ0) is 68.5. The van der Waals surface area contributed by atoms with Gasteiger partial charge >= 0.3 is 35.9 Å². The summed E-state index contributed by atoms with van der Waals surface area (Å²) in [7, 11) is 0. The lowest BCUT2D eigenvalue weighted by Gasteiger charge is -2.23. The smallest absolute Gasteiger partial charge is 0.407 e. The lowest BCUT2D eigenvalue weighted by molar-refractivity contribution is -0.156. The number of benzene rings is 3. The van der Waals surface area contributed by atoms with Crippen molar-refractivity contribution in [1.29, 1.82) is 0 Å². The van der Waals surface area contributed by atoms with E-state index in [0.29, 0.717) is 38.5 Å². The Hall–Kier alpha value is -8.45. The second kappa shape index (κ2) is 44.2. The molecule has 4 unspecified atom stereocenters. The van der Waals surface area contributed by atoms with Gasteiger partial charge in [0.1, 0.15) is 49.6 Å². The van der Waals surface area contributed by atoms with Gasteiger partial charge in [0.2, 0.25) is 29.5 Å². The maximum absolute atomic E-state index is 14.1. The number of fused-ring (bicyclic) bond motifs is 3. The normalized spacial score (nSPS) is 12.8. The van der Waals surface area contributed by atoms with E-state index in [1.807, 2.05) is 63.2 Å². The number of alkyl carbamates (subject to hydrolysis) is 1. The van der Waals surface area contributed by atoms with Crippen LogP contribution in [-0.4, -0.2) is 161 Å². The molecule has 1 aliphatic carbocycles. The Bertz CT molecular complexity index is 2840. The van der Waals surface area contributed by atoms with Crippen LogP contribution < -0.4 is 31.9 Å². The molecule has 0 bridgehead atoms. The van der Waals surface area contributed by atoms with E-state index in [4.69, 9.17) is 37.9 Å². The SMILES string of the molecule is CCCCOC(=O)CCC(NC(=O)CCC(NC(=O)COCCOCCNC(=O)C(CCCCNC(=O)OCC1c2ccccc2-c2ccccc21)NC(=O)CCC(=O)OC(C)(C)C)C(=O)NC(CCC(=O)OCc1ccccc1)C(=O)OCCCC)C(=O)OCCCC. The van der Waals surface area contributed by atoms with Crippen molar-refractivity contribution in [2.24, 2.45) is 0 Å². The van der Waals surface area contributed by atoms with Crippen molar-refractivity contribution in [3.05, 3.63) is 95.6 Å². The van der Waals surface area contributed by atoms with Crippen LogP contribution in [0.4, 0.5) is 4.79 Å². The fourth-order valence-corrected chi connectivity index (χ4v) is 9.60. The third kappa shape index (κ3) is 31.4. The standard InChI is InChI=1S/C69H98N6O19/c1-7-10-39-89-61(79)34-30-56(66(84)90-40-11-8-2)74-58(76)32-29-55(65(83)75-57(67(85)91-41-12-9-3)31-35-62(80)92-45-48-22-14-13-15-23-48)73-60(78)47-88-44-43-87-42-38-70-64(82)54(72-59(77)33-36-63(81)94-69(4,5)6)28-20-21-37-71-68(86)93-46-53-51-26-18-16-24-49(51)50-25-17-19-27-52(50)53/h13-19,22-27,53-57H,7-12,20-21,28-47H2,1-6H3,(H,70,82)(H,71,86)(H,72,77)(H,73,78)(H,74,76)(H,75,83). The number of ether oxygens (including phenoxy) is 8. The molecule has 0 saturated carbocycles. The number of esters is 5. The van der Waals surface area contributed by atoms with Crippen molar-refractivity contribution in [3.8, 4) is 11.1 Å². The molecule has 4 atom stereocenters. The van der Waals surface area contributed by atoms with E-state index >= 15 is 0 Å². The number of hydrogen-bond donors (Lipinski definition) is 6. The zero-order valence-corrected chi connectivity index (χ0v) is 55.4. The van der Waals surface area contributed by atoms with Crippen LogP contribution in [0.5, 0.6) is 0 Å². The minimum absolute atomic E-state index is 0.00565. The van der Waals surface area contributed by atoms with E-state index in [1.165, 1.54) is 0 Å². The van der Waals surface area contributed by atoms with Gasteiger partial charge in [0.15, 0.2) is 0 Å². The number of hydrogen-bond acceptors (Lipinski definition) is 19. The van der Waals surface area contributed by atoms with Crippen LogP contribution in [-0.2, 0) is 92.4 Å². The number of rotatable bonds is 46. The van der Waals surface area contributed by atoms with E-state index in [1.54, 1.807) is 45.0 Å². The Morgan fingerprint density at radius 1 is 0.436 bits per heavy atom. The molecule has 3 aromatic rings. The molecule has 3 aromatic carbocycles. The predicted octanol–water partition coefficient (Wildman–Crippen LogP) is 7.02. The summed E-state index contributed by atoms with van der Waals surface area (Å²) < 4.78 is 43.6. The summed E-state index contributed by atoms with van der Waals surface area (Å²) in [5.74, 6) is -6.99. The van der Waals surface area contributed by atoms with Gasteiger partial charge in [-0.25, -0.2) is 14.4 Å². The molecule has 94 heavy (non-hydrogen) atoms. The van der Waals surface area contributed by atoms with Gasteiger partial charge in [0.25, 0.3) is 0 Å². The first kappa shape index (κ1) is 78.0. The quantitative estimate of drug-likeness (QED) is 0.0188. The number of carbonyl (C=O) groups is 11. The van der Waals surface area contributed by atoms with Crippen LogP contribution in [0.1, 0.15) is 173 Å². The molecule has 1 aliphatic rings. The highest BCUT2D eigenvalue weighted by atomic mass is 16.6. The predicted molar refractivity (Wildman–Crippen MR) is 346 cm³/mol. The Morgan fingerprint density at radius 2 is 0.957 bits per heavy atom. The summed E-state index contributed by atoms with van der Waals surface area (Å²) >= 11 is 0. The largest absolute Gasteiger partial charge is 0.466 e. The second-order valence-corrected chi connectivity index (χ2v) is 23.6. The fraction of sp³-hybridized carbons (Fsp3) is 0.580. The van der Waals surface area contributed by atoms with Crippen LogP contribution in [0.15, 0.2) is 78.9 Å². The van der Waals surface area contributed by atoms with Crippen LogP contribution in [0.3, 0.4) is 0 Å². The Labute approximate surface area is 551 Å². The van der Waals surface area contributed by atoms with E-state index in [-0.39, 0.29) is 123 Å². The molecule has 6 amide bonds. The molecule has 0 aromatic heterocycles. The lowest BCUT2D eigenvalue weighted by atomic mass is 9.98. The molecular formula is C69H98N6O19. The van der Waals surface area contributed by atoms with Crippen molar-refractivity contribution in [1.82, 2.24) is 31.9 Å². The first-order valence-corrected chi connectivity index (χ1v) is 32.8. The third-order valence-electron chi connectivity index (χ3n) is 14.6. The second-order valence-electron chi connectivity index (χ2n) is 23.6. The van der Waals surface area contributed by atoms with Gasteiger partial charge in [-0.2, -0.15) is 0 Å². The summed E-state index contributed by atoms with van der Waals surface area (Å²) in [4.78, 5) is 145. The van der Waals surface area contributed by atoms with E-state index in [0.717, 1.165) is 40.7 Å². The van der Waals surface area contributed by atoms with Crippen molar-refractivity contribution < 1.29 is 90.6 Å². The molecule has 4 rings (SSSR count). The summed E-state index contributed by atoms with van der Waals surface area (Å²) in [6, 6.07) is 19.9.